The minimum absolute atomic E-state index is 0. The van der Waals surface area contributed by atoms with Gasteiger partial charge in [-0.2, -0.15) is 0 Å². The number of unbranched alkanes of at least 4 members (excludes halogenated alkanes) is 11. The average Bonchev–Trinajstić information content (AvgIpc) is 3.48. The molecule has 0 spiro atoms. The van der Waals surface area contributed by atoms with E-state index in [1.165, 1.54) is 118 Å². The Bertz CT molecular complexity index is 1910. The molecular weight excluding hydrogens is 861 g/mol. The van der Waals surface area contributed by atoms with E-state index in [0.717, 1.165) is 54.2 Å². The van der Waals surface area contributed by atoms with Crippen molar-refractivity contribution in [3.63, 3.8) is 0 Å². The van der Waals surface area contributed by atoms with Crippen LogP contribution < -0.4 is 0 Å². The van der Waals surface area contributed by atoms with E-state index in [0.29, 0.717) is 5.82 Å². The quantitative estimate of drug-likeness (QED) is 0.0543. The number of aromatic nitrogens is 4. The minimum Gasteiger partial charge on any atom is -0.304 e. The Labute approximate surface area is 352 Å². The monoisotopic (exact) mass is 926 g/mol. The van der Waals surface area contributed by atoms with E-state index in [-0.39, 0.29) is 30.9 Å². The van der Waals surface area contributed by atoms with Gasteiger partial charge < -0.3 is 4.98 Å². The Morgan fingerprint density at radius 2 is 1.25 bits per heavy atom. The van der Waals surface area contributed by atoms with Crippen molar-refractivity contribution in [2.24, 2.45) is 0 Å². The van der Waals surface area contributed by atoms with Crippen LogP contribution in [0.15, 0.2) is 85.1 Å². The van der Waals surface area contributed by atoms with Gasteiger partial charge in [-0.1, -0.05) is 190 Å². The molecule has 0 aliphatic heterocycles. The van der Waals surface area contributed by atoms with Gasteiger partial charge >= 0.3 is 0 Å². The Kier molecular flexibility index (Phi) is 16.6. The predicted octanol–water partition coefficient (Wildman–Crippen LogP) is 14.0. The van der Waals surface area contributed by atoms with Crippen LogP contribution in [0.25, 0.3) is 33.8 Å². The van der Waals surface area contributed by atoms with Crippen LogP contribution >= 0.6 is 0 Å². The molecule has 5 aromatic rings. The summed E-state index contributed by atoms with van der Waals surface area (Å²) in [5, 5.41) is 0. The number of benzene rings is 3. The SMILES string of the molecule is CCCCCCCCC1(CCCCCCCC)c2ccccc2-c2c[c-]c(-c3ccc(-c4nc(CCCCc5ccccc5)nc(C(C)(C)C)n4)cn3)cc21.[Ir]. The third-order valence-corrected chi connectivity index (χ3v) is 11.7. The third-order valence-electron chi connectivity index (χ3n) is 11.7. The second-order valence-corrected chi connectivity index (χ2v) is 17.1. The molecule has 2 heterocycles. The van der Waals surface area contributed by atoms with Crippen molar-refractivity contribution in [1.82, 2.24) is 19.9 Å². The van der Waals surface area contributed by atoms with Crippen molar-refractivity contribution in [2.75, 3.05) is 0 Å². The van der Waals surface area contributed by atoms with Crippen molar-refractivity contribution in [1.29, 1.82) is 0 Å². The summed E-state index contributed by atoms with van der Waals surface area (Å²) in [6, 6.07) is 32.6. The number of pyridine rings is 1. The van der Waals surface area contributed by atoms with Crippen LogP contribution in [0, 0.1) is 6.07 Å². The van der Waals surface area contributed by atoms with Gasteiger partial charge in [0.05, 0.1) is 0 Å². The molecule has 5 heteroatoms. The van der Waals surface area contributed by atoms with Gasteiger partial charge in [-0.3, -0.25) is 0 Å². The number of hydrogen-bond acceptors (Lipinski definition) is 4. The normalized spacial score (nSPS) is 12.9. The van der Waals surface area contributed by atoms with E-state index in [1.54, 1.807) is 0 Å². The van der Waals surface area contributed by atoms with Gasteiger partial charge in [-0.15, -0.1) is 29.3 Å². The summed E-state index contributed by atoms with van der Waals surface area (Å²) in [4.78, 5) is 20.0. The molecule has 0 atom stereocenters. The number of aryl methyl sites for hydroxylation is 2. The van der Waals surface area contributed by atoms with Crippen molar-refractivity contribution in [3.05, 3.63) is 119 Å². The van der Waals surface area contributed by atoms with Crippen molar-refractivity contribution >= 4 is 0 Å². The Morgan fingerprint density at radius 1 is 0.607 bits per heavy atom. The number of nitrogens with zero attached hydrogens (tertiary/aromatic N) is 4. The molecule has 0 amide bonds. The van der Waals surface area contributed by atoms with Gasteiger partial charge in [-0.05, 0) is 48.9 Å². The largest absolute Gasteiger partial charge is 0.304 e. The summed E-state index contributed by atoms with van der Waals surface area (Å²) in [5.74, 6) is 2.41. The van der Waals surface area contributed by atoms with E-state index in [2.05, 4.69) is 120 Å². The zero-order valence-corrected chi connectivity index (χ0v) is 37.3. The van der Waals surface area contributed by atoms with Gasteiger partial charge in [0.25, 0.3) is 0 Å². The van der Waals surface area contributed by atoms with E-state index in [9.17, 15) is 0 Å². The van der Waals surface area contributed by atoms with Crippen LogP contribution in [0.1, 0.15) is 166 Å². The molecular formula is C51H65IrN4-. The first-order chi connectivity index (χ1) is 26.8. The van der Waals surface area contributed by atoms with Gasteiger partial charge in [-0.25, -0.2) is 15.0 Å². The number of fused-ring (bicyclic) bond motifs is 3. The number of rotatable bonds is 21. The predicted molar refractivity (Wildman–Crippen MR) is 231 cm³/mol. The molecule has 1 radical (unpaired) electrons. The summed E-state index contributed by atoms with van der Waals surface area (Å²) >= 11 is 0. The molecule has 0 bridgehead atoms. The fourth-order valence-electron chi connectivity index (χ4n) is 8.55. The van der Waals surface area contributed by atoms with Crippen LogP contribution in [0.4, 0.5) is 0 Å². The fourth-order valence-corrected chi connectivity index (χ4v) is 8.55. The summed E-state index contributed by atoms with van der Waals surface area (Å²) in [5.41, 5.74) is 9.96. The molecule has 4 nitrogen and oxygen atoms in total. The molecule has 1 aliphatic carbocycles. The first-order valence-corrected chi connectivity index (χ1v) is 21.7. The molecule has 0 saturated carbocycles. The van der Waals surface area contributed by atoms with E-state index < -0.39 is 0 Å². The molecule has 1 aliphatic rings. The van der Waals surface area contributed by atoms with Crippen LogP contribution in [0.5, 0.6) is 0 Å². The minimum atomic E-state index is -0.182. The fraction of sp³-hybridized carbons (Fsp3) is 0.490. The van der Waals surface area contributed by atoms with Gasteiger partial charge in [0.2, 0.25) is 0 Å². The summed E-state index contributed by atoms with van der Waals surface area (Å²) in [6.07, 6.45) is 24.3. The third kappa shape index (κ3) is 11.1. The molecule has 299 valence electrons. The van der Waals surface area contributed by atoms with Crippen LogP contribution in [-0.2, 0) is 43.8 Å². The maximum atomic E-state index is 5.05. The topological polar surface area (TPSA) is 51.6 Å². The molecule has 2 aromatic heterocycles. The second kappa shape index (κ2) is 21.3. The maximum Gasteiger partial charge on any atom is 0.164 e. The van der Waals surface area contributed by atoms with Gasteiger partial charge in [0.1, 0.15) is 11.6 Å². The number of hydrogen-bond donors (Lipinski definition) is 0. The van der Waals surface area contributed by atoms with Crippen LogP contribution in [0.2, 0.25) is 0 Å². The molecule has 0 saturated heterocycles. The molecule has 0 fully saturated rings. The van der Waals surface area contributed by atoms with Gasteiger partial charge in [0, 0.05) is 49.1 Å². The zero-order valence-electron chi connectivity index (χ0n) is 34.9. The maximum absolute atomic E-state index is 5.05. The standard InChI is InChI=1S/C51H65N4.Ir/c1-6-8-10-12-14-23-35-51(36-24-15-13-11-9-7-2)44-29-21-20-28-42(44)43-33-31-40(37-45(43)51)46-34-32-41(38-52-46)48-53-47(54-49(55-48)50(3,4)5)30-22-19-27-39-25-17-16-18-26-39;/h16-18,20-21,25-26,28-29,32-34,37-38H,6-15,19,22-24,27,30,35-36H2,1-5H3;/q-1;. The first-order valence-electron chi connectivity index (χ1n) is 21.7. The Hall–Kier alpha value is -3.53. The molecule has 0 N–H and O–H groups in total. The molecule has 6 rings (SSSR count). The van der Waals surface area contributed by atoms with E-state index in [4.69, 9.17) is 19.9 Å². The molecule has 0 unspecified atom stereocenters. The van der Waals surface area contributed by atoms with E-state index in [1.807, 2.05) is 6.20 Å². The van der Waals surface area contributed by atoms with Crippen molar-refractivity contribution in [2.45, 2.75) is 161 Å². The smallest absolute Gasteiger partial charge is 0.164 e. The molecule has 3 aromatic carbocycles. The molecule has 56 heavy (non-hydrogen) atoms. The zero-order chi connectivity index (χ0) is 38.5. The first kappa shape index (κ1) is 43.6. The van der Waals surface area contributed by atoms with Crippen LogP contribution in [-0.4, -0.2) is 19.9 Å². The summed E-state index contributed by atoms with van der Waals surface area (Å²) < 4.78 is 0. The van der Waals surface area contributed by atoms with Crippen molar-refractivity contribution < 1.29 is 20.1 Å². The van der Waals surface area contributed by atoms with Crippen molar-refractivity contribution in [3.8, 4) is 33.8 Å². The summed E-state index contributed by atoms with van der Waals surface area (Å²) in [6.45, 7) is 11.1. The second-order valence-electron chi connectivity index (χ2n) is 17.1. The van der Waals surface area contributed by atoms with Crippen LogP contribution in [0.3, 0.4) is 0 Å². The van der Waals surface area contributed by atoms with Gasteiger partial charge in [0.15, 0.2) is 5.82 Å². The average molecular weight is 926 g/mol. The Balaban J connectivity index is 0.00000600. The van der Waals surface area contributed by atoms with E-state index >= 15 is 0 Å². The Morgan fingerprint density at radius 3 is 1.91 bits per heavy atom. The summed E-state index contributed by atoms with van der Waals surface area (Å²) in [7, 11) is 0.